The molecule has 0 radical (unpaired) electrons. The zero-order valence-corrected chi connectivity index (χ0v) is 4.63. The fourth-order valence-corrected chi connectivity index (χ4v) is 0. The van der Waals surface area contributed by atoms with Crippen LogP contribution >= 0.6 is 39.4 Å². The summed E-state index contributed by atoms with van der Waals surface area (Å²) in [5, 5.41) is 0. The highest BCUT2D eigenvalue weighted by atomic mass is 35.5. The Labute approximate surface area is 44.6 Å². The van der Waals surface area contributed by atoms with Crippen molar-refractivity contribution in [1.29, 1.82) is 0 Å². The molecule has 0 aliphatic carbocycles. The molecule has 0 unspecified atom stereocenters. The monoisotopic (exact) mass is 124 g/mol. The number of halogens is 2. The summed E-state index contributed by atoms with van der Waals surface area (Å²) >= 11 is 0. The molecular weight excluding hydrogens is 119 g/mol. The van der Waals surface area contributed by atoms with Gasteiger partial charge in [-0.05, 0) is 0 Å². The lowest BCUT2D eigenvalue weighted by molar-refractivity contribution is 1.11. The second-order valence-electron chi connectivity index (χ2n) is 0. The van der Waals surface area contributed by atoms with Gasteiger partial charge in [0, 0.05) is 0 Å². The highest BCUT2D eigenvalue weighted by Crippen LogP contribution is 0.690. The minimum Gasteiger partial charge on any atom is -0.269 e. The van der Waals surface area contributed by atoms with Crippen molar-refractivity contribution in [2.24, 2.45) is 0 Å². The summed E-state index contributed by atoms with van der Waals surface area (Å²) < 4.78 is 0. The van der Waals surface area contributed by atoms with Crippen LogP contribution in [0.15, 0.2) is 0 Å². The van der Waals surface area contributed by atoms with Crippen LogP contribution in [0.3, 0.4) is 0 Å². The van der Waals surface area contributed by atoms with Crippen molar-refractivity contribution in [2.45, 2.75) is 0 Å². The van der Waals surface area contributed by atoms with Crippen molar-refractivity contribution in [3.63, 3.8) is 0 Å². The molecule has 0 nitrogen and oxygen atoms in total. The van der Waals surface area contributed by atoms with Gasteiger partial charge in [0.15, 0.2) is 0 Å². The average Bonchev–Trinajstić information content (AvgIpc) is 0. The Bertz CT molecular complexity index is 6.00. The van der Waals surface area contributed by atoms with Crippen molar-refractivity contribution >= 4 is 39.4 Å². The van der Waals surface area contributed by atoms with E-state index in [0.717, 1.165) is 0 Å². The molecule has 0 aromatic heterocycles. The molecule has 0 spiro atoms. The summed E-state index contributed by atoms with van der Waals surface area (Å²) in [6.45, 7) is 0. The normalized spacial score (nSPS) is 0. The molecule has 0 heterocycles. The molecule has 4 heavy (non-hydrogen) atoms. The molecule has 0 amide bonds. The van der Waals surface area contributed by atoms with Gasteiger partial charge in [-0.25, -0.2) is 0 Å². The van der Waals surface area contributed by atoms with Crippen LogP contribution in [-0.2, 0) is 0 Å². The van der Waals surface area contributed by atoms with Crippen LogP contribution in [-0.4, -0.2) is 0 Å². The van der Waals surface area contributed by atoms with E-state index in [2.05, 4.69) is 0 Å². The lowest BCUT2D eigenvalue weighted by Crippen LogP contribution is 0.420. The van der Waals surface area contributed by atoms with Crippen LogP contribution < -0.4 is 0 Å². The third-order valence-corrected chi connectivity index (χ3v) is 0. The van der Waals surface area contributed by atoms with Gasteiger partial charge in [-0.1, -0.05) is 0 Å². The van der Waals surface area contributed by atoms with E-state index in [1.165, 1.54) is 0 Å². The second-order valence-corrected chi connectivity index (χ2v) is 0. The van der Waals surface area contributed by atoms with Crippen molar-refractivity contribution < 1.29 is 4.70 Å². The van der Waals surface area contributed by atoms with Crippen LogP contribution in [0.2, 0.25) is 0 Å². The van der Waals surface area contributed by atoms with E-state index >= 15 is 0 Å². The standard InChI is InChI=1S/ClH.FH.2H2S/h2*1H;2*1H2. The van der Waals surface area contributed by atoms with Gasteiger partial charge in [0.2, 0.25) is 0 Å². The zero-order chi connectivity index (χ0) is 0. The third-order valence-electron chi connectivity index (χ3n) is 0. The maximum atomic E-state index is 0. The Hall–Kier alpha value is 0.920. The highest BCUT2D eigenvalue weighted by molar-refractivity contribution is 7.59. The van der Waals surface area contributed by atoms with Crippen molar-refractivity contribution in [3.8, 4) is 0 Å². The maximum Gasteiger partial charge on any atom is -0.147 e. The summed E-state index contributed by atoms with van der Waals surface area (Å²) in [6, 6.07) is 0. The first-order valence-electron chi connectivity index (χ1n) is 0. The van der Waals surface area contributed by atoms with Gasteiger partial charge in [-0.3, -0.25) is 4.70 Å². The van der Waals surface area contributed by atoms with E-state index in [-0.39, 0.29) is 44.1 Å². The molecule has 0 saturated carbocycles. The Morgan fingerprint density at radius 1 is 0.750 bits per heavy atom. The zero-order valence-electron chi connectivity index (χ0n) is 1.82. The molecule has 4 heteroatoms. The Morgan fingerprint density at radius 2 is 0.750 bits per heavy atom. The molecular formula is H6ClFS2. The summed E-state index contributed by atoms with van der Waals surface area (Å²) in [5.41, 5.74) is 0. The fourth-order valence-electron chi connectivity index (χ4n) is 0. The first-order valence-corrected chi connectivity index (χ1v) is 0. The van der Waals surface area contributed by atoms with E-state index in [1.807, 2.05) is 0 Å². The van der Waals surface area contributed by atoms with Gasteiger partial charge in [-0.2, -0.15) is 27.0 Å². The number of rotatable bonds is 0. The highest BCUT2D eigenvalue weighted by Gasteiger charge is -0.147. The van der Waals surface area contributed by atoms with E-state index in [0.29, 0.717) is 0 Å². The second kappa shape index (κ2) is 39.5. The number of hydrogen-bond acceptors (Lipinski definition) is 0. The third kappa shape index (κ3) is 12.7. The smallest absolute Gasteiger partial charge is 0.147 e. The van der Waals surface area contributed by atoms with Gasteiger partial charge in [-0.15, -0.1) is 12.4 Å². The predicted molar refractivity (Wildman–Crippen MR) is 30.5 cm³/mol. The Morgan fingerprint density at radius 3 is 0.750 bits per heavy atom. The fraction of sp³-hybridized carbons (Fsp3) is 0. The van der Waals surface area contributed by atoms with Crippen molar-refractivity contribution in [1.82, 2.24) is 0 Å². The van der Waals surface area contributed by atoms with Gasteiger partial charge in [0.1, 0.15) is 0 Å². The summed E-state index contributed by atoms with van der Waals surface area (Å²) in [5.74, 6) is 0. The average molecular weight is 125 g/mol. The first-order chi connectivity index (χ1) is 0. The van der Waals surface area contributed by atoms with Crippen LogP contribution in [0, 0.1) is 0 Å². The predicted octanol–water partition coefficient (Wildman–Crippen LogP) is 0.800. The van der Waals surface area contributed by atoms with E-state index < -0.39 is 0 Å². The minimum absolute atomic E-state index is 0. The molecule has 0 aromatic rings. The molecule has 0 rings (SSSR count). The molecule has 0 aromatic carbocycles. The number of hydrogen-bond donors (Lipinski definition) is 0. The quantitative estimate of drug-likeness (QED) is 0.448. The lowest BCUT2D eigenvalue weighted by Gasteiger charge is -0.269. The van der Waals surface area contributed by atoms with E-state index in [4.69, 9.17) is 0 Å². The van der Waals surface area contributed by atoms with Gasteiger partial charge in [0.25, 0.3) is 0 Å². The lowest BCUT2D eigenvalue weighted by atomic mass is 19.0. The SMILES string of the molecule is Cl.F.S.S. The molecule has 0 aliphatic rings. The molecule has 0 aliphatic heterocycles. The topological polar surface area (TPSA) is 0 Å². The van der Waals surface area contributed by atoms with Crippen molar-refractivity contribution in [3.05, 3.63) is 0 Å². The van der Waals surface area contributed by atoms with Gasteiger partial charge >= 0.3 is 0 Å². The van der Waals surface area contributed by atoms with Crippen LogP contribution in [0.1, 0.15) is 0 Å². The molecule has 0 N–H and O–H groups in total. The summed E-state index contributed by atoms with van der Waals surface area (Å²) in [7, 11) is 0. The summed E-state index contributed by atoms with van der Waals surface area (Å²) in [6.07, 6.45) is 0. The summed E-state index contributed by atoms with van der Waals surface area (Å²) in [4.78, 5) is 0. The largest absolute Gasteiger partial charge is 0.269 e. The van der Waals surface area contributed by atoms with Gasteiger partial charge in [0.05, 0.1) is 0 Å². The molecule has 0 atom stereocenters. The Balaban J connectivity index is 0. The Kier molecular flexibility index (Phi) is 882. The van der Waals surface area contributed by atoms with Crippen LogP contribution in [0.4, 0.5) is 4.70 Å². The minimum atomic E-state index is 0. The van der Waals surface area contributed by atoms with Gasteiger partial charge < -0.3 is 0 Å². The van der Waals surface area contributed by atoms with Crippen LogP contribution in [0.25, 0.3) is 0 Å². The van der Waals surface area contributed by atoms with Crippen LogP contribution in [0.5, 0.6) is 0 Å². The van der Waals surface area contributed by atoms with E-state index in [1.54, 1.807) is 0 Å². The maximum absolute atomic E-state index is 0. The molecule has 0 fully saturated rings. The van der Waals surface area contributed by atoms with E-state index in [9.17, 15) is 0 Å². The first kappa shape index (κ1) is 89.3. The van der Waals surface area contributed by atoms with Crippen molar-refractivity contribution in [2.75, 3.05) is 0 Å². The molecule has 0 bridgehead atoms. The molecule has 0 saturated heterocycles. The molecule has 32 valence electrons.